The first-order valence-electron chi connectivity index (χ1n) is 12.5. The summed E-state index contributed by atoms with van der Waals surface area (Å²) >= 11 is 0. The molecule has 0 saturated heterocycles. The van der Waals surface area contributed by atoms with Gasteiger partial charge in [0.05, 0.1) is 32.1 Å². The van der Waals surface area contributed by atoms with E-state index in [1.165, 1.54) is 0 Å². The number of nitrogens with one attached hydrogen (secondary N) is 2. The highest BCUT2D eigenvalue weighted by Crippen LogP contribution is 2.32. The lowest BCUT2D eigenvalue weighted by Crippen LogP contribution is -2.12. The van der Waals surface area contributed by atoms with Crippen molar-refractivity contribution < 1.29 is 23.8 Å². The third kappa shape index (κ3) is 5.56. The van der Waals surface area contributed by atoms with Gasteiger partial charge in [0.1, 0.15) is 0 Å². The molecule has 0 aliphatic heterocycles. The summed E-state index contributed by atoms with van der Waals surface area (Å²) < 4.78 is 17.6. The number of methoxy groups -OCH3 is 2. The maximum absolute atomic E-state index is 13.0. The Balaban J connectivity index is 1.40. The van der Waals surface area contributed by atoms with E-state index in [0.717, 1.165) is 11.3 Å². The van der Waals surface area contributed by atoms with Crippen molar-refractivity contribution in [2.75, 3.05) is 31.5 Å². The summed E-state index contributed by atoms with van der Waals surface area (Å²) in [5.41, 5.74) is 4.20. The number of rotatable bonds is 9. The standard InChI is InChI=1S/C30H27N5O5/c1-4-40-30(37)19-8-10-22(11-9-19)33-29(36)21-7-5-6-20(16-21)24-18-35-15-14-31-28(35)27(34-24)32-23-12-13-25(38-2)26(17-23)39-3/h5-18H,4H2,1-3H3,(H,32,34)(H,33,36). The quantitative estimate of drug-likeness (QED) is 0.234. The second kappa shape index (κ2) is 11.6. The zero-order chi connectivity index (χ0) is 28.1. The molecule has 2 heterocycles. The Morgan fingerprint density at radius 1 is 0.900 bits per heavy atom. The fraction of sp³-hybridized carbons (Fsp3) is 0.133. The van der Waals surface area contributed by atoms with E-state index < -0.39 is 5.97 Å². The number of carbonyl (C=O) groups excluding carboxylic acids is 2. The molecular weight excluding hydrogens is 510 g/mol. The fourth-order valence-corrected chi connectivity index (χ4v) is 4.13. The van der Waals surface area contributed by atoms with Crippen molar-refractivity contribution in [3.05, 3.63) is 96.4 Å². The number of nitrogens with zero attached hydrogens (tertiary/aromatic N) is 3. The van der Waals surface area contributed by atoms with E-state index in [-0.39, 0.29) is 5.91 Å². The third-order valence-electron chi connectivity index (χ3n) is 6.09. The van der Waals surface area contributed by atoms with E-state index in [0.29, 0.717) is 52.1 Å². The topological polar surface area (TPSA) is 116 Å². The molecule has 202 valence electrons. The first kappa shape index (κ1) is 26.2. The number of ether oxygens (including phenoxy) is 3. The number of fused-ring (bicyclic) bond motifs is 1. The summed E-state index contributed by atoms with van der Waals surface area (Å²) in [5, 5.41) is 6.18. The lowest BCUT2D eigenvalue weighted by atomic mass is 10.1. The van der Waals surface area contributed by atoms with Crippen LogP contribution in [0.1, 0.15) is 27.6 Å². The maximum Gasteiger partial charge on any atom is 0.338 e. The summed E-state index contributed by atoms with van der Waals surface area (Å²) in [6.45, 7) is 2.05. The number of hydrogen-bond donors (Lipinski definition) is 2. The Bertz CT molecular complexity index is 1680. The summed E-state index contributed by atoms with van der Waals surface area (Å²) in [4.78, 5) is 34.2. The maximum atomic E-state index is 13.0. The van der Waals surface area contributed by atoms with Gasteiger partial charge in [-0.1, -0.05) is 12.1 Å². The summed E-state index contributed by atoms with van der Waals surface area (Å²) in [6.07, 6.45) is 5.38. The van der Waals surface area contributed by atoms with Crippen molar-refractivity contribution in [1.29, 1.82) is 0 Å². The van der Waals surface area contributed by atoms with Gasteiger partial charge < -0.3 is 29.2 Å². The van der Waals surface area contributed by atoms with Crippen LogP contribution >= 0.6 is 0 Å². The summed E-state index contributed by atoms with van der Waals surface area (Å²) in [5.74, 6) is 1.03. The summed E-state index contributed by atoms with van der Waals surface area (Å²) in [7, 11) is 3.16. The molecule has 1 amide bonds. The van der Waals surface area contributed by atoms with Crippen LogP contribution in [0.5, 0.6) is 11.5 Å². The average Bonchev–Trinajstić information content (AvgIpc) is 3.47. The van der Waals surface area contributed by atoms with Crippen LogP contribution in [-0.4, -0.2) is 47.1 Å². The number of anilines is 3. The van der Waals surface area contributed by atoms with Crippen molar-refractivity contribution in [1.82, 2.24) is 14.4 Å². The zero-order valence-corrected chi connectivity index (χ0v) is 22.2. The molecular formula is C30H27N5O5. The Hall–Kier alpha value is -5.38. The molecule has 0 aliphatic carbocycles. The number of esters is 1. The van der Waals surface area contributed by atoms with Crippen molar-refractivity contribution in [3.8, 4) is 22.8 Å². The molecule has 0 bridgehead atoms. The minimum atomic E-state index is -0.407. The summed E-state index contributed by atoms with van der Waals surface area (Å²) in [6, 6.07) is 19.2. The van der Waals surface area contributed by atoms with Gasteiger partial charge in [-0.3, -0.25) is 4.79 Å². The van der Waals surface area contributed by atoms with Gasteiger partial charge in [0, 0.05) is 47.2 Å². The van der Waals surface area contributed by atoms with Crippen LogP contribution in [0, 0.1) is 0 Å². The van der Waals surface area contributed by atoms with Crippen LogP contribution in [-0.2, 0) is 4.74 Å². The van der Waals surface area contributed by atoms with Crippen LogP contribution < -0.4 is 20.1 Å². The van der Waals surface area contributed by atoms with Gasteiger partial charge in [-0.25, -0.2) is 14.8 Å². The van der Waals surface area contributed by atoms with E-state index in [9.17, 15) is 9.59 Å². The second-order valence-corrected chi connectivity index (χ2v) is 8.66. The van der Waals surface area contributed by atoms with Crippen LogP contribution in [0.3, 0.4) is 0 Å². The number of aromatic nitrogens is 3. The lowest BCUT2D eigenvalue weighted by molar-refractivity contribution is 0.0526. The van der Waals surface area contributed by atoms with Crippen molar-refractivity contribution in [2.24, 2.45) is 0 Å². The van der Waals surface area contributed by atoms with Crippen LogP contribution in [0.25, 0.3) is 16.9 Å². The first-order valence-corrected chi connectivity index (χ1v) is 12.5. The van der Waals surface area contributed by atoms with Crippen LogP contribution in [0.15, 0.2) is 85.3 Å². The molecule has 2 aromatic heterocycles. The molecule has 10 nitrogen and oxygen atoms in total. The highest BCUT2D eigenvalue weighted by Gasteiger charge is 2.14. The van der Waals surface area contributed by atoms with Gasteiger partial charge in [-0.15, -0.1) is 0 Å². The van der Waals surface area contributed by atoms with Gasteiger partial charge in [0.25, 0.3) is 5.91 Å². The van der Waals surface area contributed by atoms with Gasteiger partial charge in [-0.05, 0) is 55.5 Å². The molecule has 10 heteroatoms. The SMILES string of the molecule is CCOC(=O)c1ccc(NC(=O)c2cccc(-c3cn4ccnc4c(Nc4ccc(OC)c(OC)c4)n3)c2)cc1. The van der Waals surface area contributed by atoms with E-state index >= 15 is 0 Å². The number of hydrogen-bond acceptors (Lipinski definition) is 8. The molecule has 2 N–H and O–H groups in total. The molecule has 0 radical (unpaired) electrons. The van der Waals surface area contributed by atoms with Crippen molar-refractivity contribution in [3.63, 3.8) is 0 Å². The third-order valence-corrected chi connectivity index (χ3v) is 6.09. The van der Waals surface area contributed by atoms with E-state index in [1.807, 2.05) is 35.0 Å². The van der Waals surface area contributed by atoms with Gasteiger partial charge in [-0.2, -0.15) is 0 Å². The molecule has 5 rings (SSSR count). The largest absolute Gasteiger partial charge is 0.493 e. The number of amides is 1. The van der Waals surface area contributed by atoms with E-state index in [4.69, 9.17) is 19.2 Å². The molecule has 0 atom stereocenters. The fourth-order valence-electron chi connectivity index (χ4n) is 4.13. The Labute approximate surface area is 230 Å². The Morgan fingerprint density at radius 3 is 2.42 bits per heavy atom. The van der Waals surface area contributed by atoms with Gasteiger partial charge in [0.15, 0.2) is 23.0 Å². The monoisotopic (exact) mass is 537 g/mol. The minimum absolute atomic E-state index is 0.293. The molecule has 0 spiro atoms. The predicted octanol–water partition coefficient (Wildman–Crippen LogP) is 5.59. The predicted molar refractivity (Wildman–Crippen MR) is 152 cm³/mol. The number of imidazole rings is 1. The number of carbonyl (C=O) groups is 2. The second-order valence-electron chi connectivity index (χ2n) is 8.66. The zero-order valence-electron chi connectivity index (χ0n) is 22.2. The first-order chi connectivity index (χ1) is 19.5. The molecule has 40 heavy (non-hydrogen) atoms. The normalized spacial score (nSPS) is 10.7. The average molecular weight is 538 g/mol. The molecule has 5 aromatic rings. The van der Waals surface area contributed by atoms with Gasteiger partial charge in [0.2, 0.25) is 0 Å². The molecule has 0 saturated carbocycles. The number of benzene rings is 3. The highest BCUT2D eigenvalue weighted by molar-refractivity contribution is 6.05. The Kier molecular flexibility index (Phi) is 7.58. The van der Waals surface area contributed by atoms with Crippen molar-refractivity contribution >= 4 is 34.7 Å². The van der Waals surface area contributed by atoms with Gasteiger partial charge >= 0.3 is 5.97 Å². The molecule has 0 unspecified atom stereocenters. The molecule has 3 aromatic carbocycles. The molecule has 0 aliphatic rings. The highest BCUT2D eigenvalue weighted by atomic mass is 16.5. The van der Waals surface area contributed by atoms with Crippen LogP contribution in [0.2, 0.25) is 0 Å². The lowest BCUT2D eigenvalue weighted by Gasteiger charge is -2.13. The van der Waals surface area contributed by atoms with Crippen LogP contribution in [0.4, 0.5) is 17.2 Å². The minimum Gasteiger partial charge on any atom is -0.493 e. The smallest absolute Gasteiger partial charge is 0.338 e. The van der Waals surface area contributed by atoms with E-state index in [2.05, 4.69) is 15.6 Å². The van der Waals surface area contributed by atoms with Crippen molar-refractivity contribution in [2.45, 2.75) is 6.92 Å². The van der Waals surface area contributed by atoms with E-state index in [1.54, 1.807) is 75.9 Å². The Morgan fingerprint density at radius 2 is 1.68 bits per heavy atom. The molecule has 0 fully saturated rings.